The van der Waals surface area contributed by atoms with E-state index in [1.165, 1.54) is 37.7 Å². The summed E-state index contributed by atoms with van der Waals surface area (Å²) in [4.78, 5) is 0. The van der Waals surface area contributed by atoms with Crippen LogP contribution >= 0.6 is 0 Å². The molecule has 0 spiro atoms. The molecule has 12 heavy (non-hydrogen) atoms. The van der Waals surface area contributed by atoms with Crippen LogP contribution in [0.15, 0.2) is 24.3 Å². The van der Waals surface area contributed by atoms with E-state index in [2.05, 4.69) is 6.58 Å². The van der Waals surface area contributed by atoms with E-state index in [1.807, 2.05) is 12.2 Å². The minimum absolute atomic E-state index is 0.151. The lowest BCUT2D eigenvalue weighted by atomic mass is 9.83. The van der Waals surface area contributed by atoms with Crippen molar-refractivity contribution in [1.29, 1.82) is 0 Å². The van der Waals surface area contributed by atoms with E-state index in [4.69, 9.17) is 5.11 Å². The second kappa shape index (κ2) is 5.15. The van der Waals surface area contributed by atoms with E-state index in [0.29, 0.717) is 5.92 Å². The first-order valence-corrected chi connectivity index (χ1v) is 4.82. The molecule has 1 nitrogen and oxygen atoms in total. The molecule has 68 valence electrons. The van der Waals surface area contributed by atoms with Crippen LogP contribution in [0.3, 0.4) is 0 Å². The highest BCUT2D eigenvalue weighted by molar-refractivity contribution is 5.19. The molecule has 0 radical (unpaired) electrons. The standard InChI is InChI=1S/C11H18O/c1-2-10(8-9-12)11-6-4-3-5-7-11/h2,8,11-12H,1,3-7,9H2/b10-8-. The molecule has 1 N–H and O–H groups in total. The number of aliphatic hydroxyl groups excluding tert-OH is 1. The van der Waals surface area contributed by atoms with Gasteiger partial charge < -0.3 is 5.11 Å². The van der Waals surface area contributed by atoms with Gasteiger partial charge in [0, 0.05) is 0 Å². The number of hydrogen-bond acceptors (Lipinski definition) is 1. The Balaban J connectivity index is 2.51. The average molecular weight is 166 g/mol. The number of aliphatic hydroxyl groups is 1. The van der Waals surface area contributed by atoms with Crippen molar-refractivity contribution in [1.82, 2.24) is 0 Å². The lowest BCUT2D eigenvalue weighted by Crippen LogP contribution is -2.08. The van der Waals surface area contributed by atoms with Gasteiger partial charge in [0.25, 0.3) is 0 Å². The lowest BCUT2D eigenvalue weighted by Gasteiger charge is -2.22. The summed E-state index contributed by atoms with van der Waals surface area (Å²) < 4.78 is 0. The van der Waals surface area contributed by atoms with Crippen molar-refractivity contribution in [3.8, 4) is 0 Å². The van der Waals surface area contributed by atoms with Crippen LogP contribution in [-0.2, 0) is 0 Å². The van der Waals surface area contributed by atoms with Gasteiger partial charge in [0.05, 0.1) is 6.61 Å². The first-order chi connectivity index (χ1) is 5.88. The average Bonchev–Trinajstić information content (AvgIpc) is 2.15. The Kier molecular flexibility index (Phi) is 4.09. The summed E-state index contributed by atoms with van der Waals surface area (Å²) in [7, 11) is 0. The van der Waals surface area contributed by atoms with E-state index in [1.54, 1.807) is 0 Å². The second-order valence-electron chi connectivity index (χ2n) is 3.43. The van der Waals surface area contributed by atoms with Crippen molar-refractivity contribution >= 4 is 0 Å². The Morgan fingerprint density at radius 2 is 2.00 bits per heavy atom. The van der Waals surface area contributed by atoms with Gasteiger partial charge in [-0.1, -0.05) is 38.0 Å². The van der Waals surface area contributed by atoms with Gasteiger partial charge in [-0.15, -0.1) is 0 Å². The van der Waals surface area contributed by atoms with Crippen molar-refractivity contribution in [2.24, 2.45) is 5.92 Å². The summed E-state index contributed by atoms with van der Waals surface area (Å²) >= 11 is 0. The molecule has 1 fully saturated rings. The number of rotatable bonds is 3. The molecule has 0 aromatic heterocycles. The molecule has 0 aliphatic heterocycles. The number of allylic oxidation sites excluding steroid dienone is 2. The first-order valence-electron chi connectivity index (χ1n) is 4.82. The van der Waals surface area contributed by atoms with Gasteiger partial charge >= 0.3 is 0 Å². The molecule has 0 saturated heterocycles. The van der Waals surface area contributed by atoms with Gasteiger partial charge in [-0.05, 0) is 24.3 Å². The van der Waals surface area contributed by atoms with Crippen LogP contribution in [-0.4, -0.2) is 11.7 Å². The van der Waals surface area contributed by atoms with E-state index < -0.39 is 0 Å². The normalized spacial score (nSPS) is 20.9. The van der Waals surface area contributed by atoms with Gasteiger partial charge in [0.1, 0.15) is 0 Å². The van der Waals surface area contributed by atoms with Crippen molar-refractivity contribution in [3.05, 3.63) is 24.3 Å². The summed E-state index contributed by atoms with van der Waals surface area (Å²) in [6.45, 7) is 3.93. The summed E-state index contributed by atoms with van der Waals surface area (Å²) in [6, 6.07) is 0. The highest BCUT2D eigenvalue weighted by Gasteiger charge is 2.14. The van der Waals surface area contributed by atoms with E-state index in [-0.39, 0.29) is 6.61 Å². The summed E-state index contributed by atoms with van der Waals surface area (Å²) in [5.74, 6) is 0.670. The molecule has 0 aromatic rings. The molecule has 0 aromatic carbocycles. The fourth-order valence-corrected chi connectivity index (χ4v) is 1.96. The van der Waals surface area contributed by atoms with E-state index in [9.17, 15) is 0 Å². The minimum atomic E-state index is 0.151. The van der Waals surface area contributed by atoms with E-state index >= 15 is 0 Å². The van der Waals surface area contributed by atoms with Gasteiger partial charge in [-0.25, -0.2) is 0 Å². The van der Waals surface area contributed by atoms with Gasteiger partial charge in [-0.3, -0.25) is 0 Å². The largest absolute Gasteiger partial charge is 0.392 e. The Morgan fingerprint density at radius 1 is 1.33 bits per heavy atom. The van der Waals surface area contributed by atoms with Crippen LogP contribution in [0.2, 0.25) is 0 Å². The van der Waals surface area contributed by atoms with Crippen LogP contribution in [0, 0.1) is 5.92 Å². The number of hydrogen-bond donors (Lipinski definition) is 1. The van der Waals surface area contributed by atoms with Crippen LogP contribution in [0.25, 0.3) is 0 Å². The molecular weight excluding hydrogens is 148 g/mol. The molecular formula is C11H18O. The van der Waals surface area contributed by atoms with E-state index in [0.717, 1.165) is 0 Å². The SMILES string of the molecule is C=C/C(=C/CO)C1CCCCC1. The zero-order valence-corrected chi connectivity index (χ0v) is 7.63. The topological polar surface area (TPSA) is 20.2 Å². The molecule has 1 aliphatic rings. The van der Waals surface area contributed by atoms with Crippen molar-refractivity contribution in [2.45, 2.75) is 32.1 Å². The predicted octanol–water partition coefficient (Wildman–Crippen LogP) is 2.67. The fraction of sp³-hybridized carbons (Fsp3) is 0.636. The van der Waals surface area contributed by atoms with Gasteiger partial charge in [0.2, 0.25) is 0 Å². The van der Waals surface area contributed by atoms with Crippen molar-refractivity contribution in [3.63, 3.8) is 0 Å². The molecule has 1 rings (SSSR count). The molecule has 1 saturated carbocycles. The molecule has 1 aliphatic carbocycles. The first kappa shape index (κ1) is 9.53. The third kappa shape index (κ3) is 2.49. The van der Waals surface area contributed by atoms with Crippen LogP contribution < -0.4 is 0 Å². The smallest absolute Gasteiger partial charge is 0.0618 e. The molecule has 0 atom stereocenters. The molecule has 1 heteroatoms. The van der Waals surface area contributed by atoms with Gasteiger partial charge in [0.15, 0.2) is 0 Å². The van der Waals surface area contributed by atoms with Crippen molar-refractivity contribution < 1.29 is 5.11 Å². The maximum atomic E-state index is 8.77. The summed E-state index contributed by atoms with van der Waals surface area (Å²) in [5, 5.41) is 8.77. The Hall–Kier alpha value is -0.560. The Labute approximate surface area is 74.8 Å². The zero-order chi connectivity index (χ0) is 8.81. The second-order valence-corrected chi connectivity index (χ2v) is 3.43. The molecule has 0 unspecified atom stereocenters. The van der Waals surface area contributed by atoms with Crippen LogP contribution in [0.4, 0.5) is 0 Å². The molecule has 0 heterocycles. The molecule has 0 bridgehead atoms. The highest BCUT2D eigenvalue weighted by atomic mass is 16.2. The Bertz CT molecular complexity index is 164. The summed E-state index contributed by atoms with van der Waals surface area (Å²) in [6.07, 6.45) is 10.4. The van der Waals surface area contributed by atoms with Crippen molar-refractivity contribution in [2.75, 3.05) is 6.61 Å². The zero-order valence-electron chi connectivity index (χ0n) is 7.63. The Morgan fingerprint density at radius 3 is 2.50 bits per heavy atom. The quantitative estimate of drug-likeness (QED) is 0.639. The minimum Gasteiger partial charge on any atom is -0.392 e. The van der Waals surface area contributed by atoms with Gasteiger partial charge in [-0.2, -0.15) is 0 Å². The monoisotopic (exact) mass is 166 g/mol. The third-order valence-electron chi connectivity index (χ3n) is 2.64. The van der Waals surface area contributed by atoms with Crippen LogP contribution in [0.5, 0.6) is 0 Å². The maximum absolute atomic E-state index is 8.77. The lowest BCUT2D eigenvalue weighted by molar-refractivity contribution is 0.338. The third-order valence-corrected chi connectivity index (χ3v) is 2.64. The maximum Gasteiger partial charge on any atom is 0.0618 e. The predicted molar refractivity (Wildman–Crippen MR) is 51.9 cm³/mol. The fourth-order valence-electron chi connectivity index (χ4n) is 1.96. The highest BCUT2D eigenvalue weighted by Crippen LogP contribution is 2.29. The molecule has 0 amide bonds. The summed E-state index contributed by atoms with van der Waals surface area (Å²) in [5.41, 5.74) is 1.25. The van der Waals surface area contributed by atoms with Crippen LogP contribution in [0.1, 0.15) is 32.1 Å².